The van der Waals surface area contributed by atoms with Crippen molar-refractivity contribution in [2.45, 2.75) is 51.5 Å². The highest BCUT2D eigenvalue weighted by Crippen LogP contribution is 2.38. The summed E-state index contributed by atoms with van der Waals surface area (Å²) in [5, 5.41) is 3.46. The van der Waals surface area contributed by atoms with Crippen molar-refractivity contribution in [3.63, 3.8) is 0 Å². The third kappa shape index (κ3) is 4.45. The number of anilines is 1. The summed E-state index contributed by atoms with van der Waals surface area (Å²) in [5.41, 5.74) is 4.75. The minimum Gasteiger partial charge on any atom is -0.322 e. The number of nitrogens with one attached hydrogen (secondary N) is 2. The van der Waals surface area contributed by atoms with Crippen LogP contribution >= 0.6 is 0 Å². The molecule has 0 aromatic heterocycles. The fraction of sp³-hybridized carbons (Fsp3) is 0.400. The van der Waals surface area contributed by atoms with Crippen molar-refractivity contribution in [3.05, 3.63) is 65.2 Å². The van der Waals surface area contributed by atoms with Crippen LogP contribution in [0.1, 0.15) is 36.8 Å². The highest BCUT2D eigenvalue weighted by atomic mass is 19.1. The summed E-state index contributed by atoms with van der Waals surface area (Å²) in [4.78, 5) is 42.8. The summed E-state index contributed by atoms with van der Waals surface area (Å²) in [6.45, 7) is 1.88. The lowest BCUT2D eigenvalue weighted by molar-refractivity contribution is -0.157. The molecule has 0 radical (unpaired) electrons. The molecule has 1 aliphatic carbocycles. The van der Waals surface area contributed by atoms with Crippen LogP contribution in [0.2, 0.25) is 0 Å². The monoisotopic (exact) mass is 483 g/mol. The Bertz CT molecular complexity index is 1160. The molecule has 5 rings (SSSR count). The number of rotatable bonds is 5. The van der Waals surface area contributed by atoms with Crippen LogP contribution in [-0.4, -0.2) is 51.5 Å². The molecule has 3 aliphatic rings. The fourth-order valence-electron chi connectivity index (χ4n) is 5.20. The Labute approximate surface area is 201 Å². The van der Waals surface area contributed by atoms with E-state index in [-0.39, 0.29) is 23.6 Å². The first-order valence-electron chi connectivity index (χ1n) is 11.8. The molecular weight excluding hydrogens is 456 g/mol. The zero-order valence-corrected chi connectivity index (χ0v) is 19.3. The van der Waals surface area contributed by atoms with Crippen LogP contribution in [0.15, 0.2) is 42.5 Å². The van der Waals surface area contributed by atoms with Crippen molar-refractivity contribution in [1.82, 2.24) is 20.2 Å². The maximum Gasteiger partial charge on any atom is 0.337 e. The molecule has 35 heavy (non-hydrogen) atoms. The van der Waals surface area contributed by atoms with Gasteiger partial charge in [0.05, 0.1) is 11.6 Å². The Morgan fingerprint density at radius 2 is 1.83 bits per heavy atom. The average Bonchev–Trinajstić information content (AvgIpc) is 3.16. The Balaban J connectivity index is 1.37. The minimum atomic E-state index is -0.780. The van der Waals surface area contributed by atoms with Crippen LogP contribution in [0.3, 0.4) is 0 Å². The van der Waals surface area contributed by atoms with E-state index in [1.165, 1.54) is 0 Å². The number of hydrogen-bond acceptors (Lipinski definition) is 4. The number of fused-ring (bicyclic) bond motifs is 3. The van der Waals surface area contributed by atoms with Gasteiger partial charge in [0, 0.05) is 18.7 Å². The highest BCUT2D eigenvalue weighted by Gasteiger charge is 2.54. The number of urea groups is 1. The number of carbonyl (C=O) groups is 3. The second-order valence-electron chi connectivity index (χ2n) is 9.36. The predicted octanol–water partition coefficient (Wildman–Crippen LogP) is 3.34. The Morgan fingerprint density at radius 1 is 1.09 bits per heavy atom. The molecule has 0 spiro atoms. The van der Waals surface area contributed by atoms with E-state index in [9.17, 15) is 23.2 Å². The Kier molecular flexibility index (Phi) is 6.14. The highest BCUT2D eigenvalue weighted by molar-refractivity contribution is 5.95. The van der Waals surface area contributed by atoms with Gasteiger partial charge in [0.15, 0.2) is 6.29 Å². The van der Waals surface area contributed by atoms with E-state index in [0.29, 0.717) is 19.4 Å². The van der Waals surface area contributed by atoms with E-state index in [0.717, 1.165) is 47.2 Å². The topological polar surface area (TPSA) is 85.0 Å². The third-order valence-corrected chi connectivity index (χ3v) is 6.95. The Hall–Kier alpha value is -3.53. The number of carbonyl (C=O) groups excluding carboxylic acids is 3. The van der Waals surface area contributed by atoms with E-state index in [2.05, 4.69) is 10.7 Å². The molecule has 0 bridgehead atoms. The number of hydrazine groups is 1. The molecule has 184 valence electrons. The molecule has 2 aromatic rings. The predicted molar refractivity (Wildman–Crippen MR) is 123 cm³/mol. The van der Waals surface area contributed by atoms with Gasteiger partial charge in [-0.25, -0.2) is 18.6 Å². The number of benzene rings is 2. The largest absolute Gasteiger partial charge is 0.337 e. The quantitative estimate of drug-likeness (QED) is 0.683. The average molecular weight is 484 g/mol. The van der Waals surface area contributed by atoms with Gasteiger partial charge in [0.1, 0.15) is 18.2 Å². The van der Waals surface area contributed by atoms with Crippen LogP contribution in [0.5, 0.6) is 0 Å². The van der Waals surface area contributed by atoms with Gasteiger partial charge in [0.25, 0.3) is 0 Å². The lowest BCUT2D eigenvalue weighted by Crippen LogP contribution is -2.65. The van der Waals surface area contributed by atoms with Gasteiger partial charge in [-0.05, 0) is 37.5 Å². The molecule has 1 saturated carbocycles. The summed E-state index contributed by atoms with van der Waals surface area (Å²) < 4.78 is 27.4. The number of aryl methyl sites for hydroxylation is 1. The van der Waals surface area contributed by atoms with Crippen molar-refractivity contribution in [2.24, 2.45) is 5.92 Å². The van der Waals surface area contributed by atoms with Crippen LogP contribution in [0, 0.1) is 24.5 Å². The molecule has 3 atom stereocenters. The SMILES string of the molecule is Cc1ccc(CN2C(=O)C3CCCCC3N3C(=O)N(CC(=O)Nc4cc(F)ccc4F)NC23)cc1. The zero-order chi connectivity index (χ0) is 24.7. The Morgan fingerprint density at radius 3 is 2.60 bits per heavy atom. The molecule has 3 fully saturated rings. The van der Waals surface area contributed by atoms with Crippen molar-refractivity contribution >= 4 is 23.5 Å². The summed E-state index contributed by atoms with van der Waals surface area (Å²) in [6, 6.07) is 9.94. The summed E-state index contributed by atoms with van der Waals surface area (Å²) >= 11 is 0. The molecule has 2 N–H and O–H groups in total. The van der Waals surface area contributed by atoms with Crippen LogP contribution < -0.4 is 10.7 Å². The third-order valence-electron chi connectivity index (χ3n) is 6.95. The van der Waals surface area contributed by atoms with Crippen LogP contribution in [0.4, 0.5) is 19.3 Å². The normalized spacial score (nSPS) is 23.9. The number of nitrogens with zero attached hydrogens (tertiary/aromatic N) is 3. The van der Waals surface area contributed by atoms with Crippen LogP contribution in [0.25, 0.3) is 0 Å². The van der Waals surface area contributed by atoms with E-state index in [4.69, 9.17) is 0 Å². The molecule has 8 nitrogen and oxygen atoms in total. The molecule has 3 unspecified atom stereocenters. The van der Waals surface area contributed by atoms with Crippen molar-refractivity contribution in [1.29, 1.82) is 0 Å². The second kappa shape index (κ2) is 9.26. The van der Waals surface area contributed by atoms with E-state index < -0.39 is 36.4 Å². The first kappa shape index (κ1) is 23.2. The molecule has 2 saturated heterocycles. The lowest BCUT2D eigenvalue weighted by atomic mass is 9.81. The molecule has 4 amide bonds. The second-order valence-corrected chi connectivity index (χ2v) is 9.36. The van der Waals surface area contributed by atoms with E-state index in [1.807, 2.05) is 31.2 Å². The van der Waals surface area contributed by atoms with E-state index in [1.54, 1.807) is 9.80 Å². The van der Waals surface area contributed by atoms with Gasteiger partial charge in [-0.3, -0.25) is 14.5 Å². The number of halogens is 2. The van der Waals surface area contributed by atoms with Gasteiger partial charge in [-0.1, -0.05) is 42.7 Å². The van der Waals surface area contributed by atoms with E-state index >= 15 is 0 Å². The van der Waals surface area contributed by atoms with Gasteiger partial charge >= 0.3 is 6.03 Å². The van der Waals surface area contributed by atoms with Gasteiger partial charge in [-0.2, -0.15) is 5.43 Å². The molecule has 10 heteroatoms. The molecular formula is C25H27F2N5O3. The van der Waals surface area contributed by atoms with Crippen molar-refractivity contribution in [3.8, 4) is 0 Å². The summed E-state index contributed by atoms with van der Waals surface area (Å²) in [6.07, 6.45) is 2.55. The molecule has 2 heterocycles. The van der Waals surface area contributed by atoms with Crippen molar-refractivity contribution in [2.75, 3.05) is 11.9 Å². The standard InChI is InChI=1S/C25H27F2N5O3/c1-15-6-8-16(9-7-15)13-30-23(34)18-4-2-3-5-21(18)32-24(30)29-31(25(32)35)14-22(33)28-20-12-17(26)10-11-19(20)27/h6-12,18,21,24,29H,2-5,13-14H2,1H3,(H,28,33). The lowest BCUT2D eigenvalue weighted by Gasteiger charge is -2.48. The first-order valence-corrected chi connectivity index (χ1v) is 11.8. The number of amides is 4. The summed E-state index contributed by atoms with van der Waals surface area (Å²) in [5.74, 6) is -2.45. The summed E-state index contributed by atoms with van der Waals surface area (Å²) in [7, 11) is 0. The van der Waals surface area contributed by atoms with Gasteiger partial charge in [-0.15, -0.1) is 0 Å². The molecule has 2 aliphatic heterocycles. The minimum absolute atomic E-state index is 0.00930. The smallest absolute Gasteiger partial charge is 0.322 e. The van der Waals surface area contributed by atoms with Crippen molar-refractivity contribution < 1.29 is 23.2 Å². The first-order chi connectivity index (χ1) is 16.8. The molecule has 2 aromatic carbocycles. The van der Waals surface area contributed by atoms with Gasteiger partial charge < -0.3 is 10.2 Å². The maximum atomic E-state index is 13.9. The maximum absolute atomic E-state index is 13.9. The number of hydrogen-bond donors (Lipinski definition) is 2. The van der Waals surface area contributed by atoms with Crippen LogP contribution in [-0.2, 0) is 16.1 Å². The zero-order valence-electron chi connectivity index (χ0n) is 19.3. The fourth-order valence-corrected chi connectivity index (χ4v) is 5.20. The van der Waals surface area contributed by atoms with Gasteiger partial charge in [0.2, 0.25) is 11.8 Å².